The van der Waals surface area contributed by atoms with Crippen LogP contribution in [0.2, 0.25) is 0 Å². The standard InChI is InChI=1S/C15H14F2N2O/c1-9-6-7-10(2)13(8-9)18-15(20)19-14-11(16)4-3-5-12(14)17/h3-8H,1-2H3,(H2,18,19,20). The number of para-hydroxylation sites is 1. The van der Waals surface area contributed by atoms with E-state index < -0.39 is 23.4 Å². The lowest BCUT2D eigenvalue weighted by Gasteiger charge is -2.11. The average molecular weight is 276 g/mol. The summed E-state index contributed by atoms with van der Waals surface area (Å²) in [5.41, 5.74) is 1.97. The molecule has 0 aliphatic heterocycles. The molecule has 0 aliphatic rings. The molecule has 0 unspecified atom stereocenters. The molecular formula is C15H14F2N2O. The van der Waals surface area contributed by atoms with Gasteiger partial charge in [0.1, 0.15) is 17.3 Å². The number of hydrogen-bond acceptors (Lipinski definition) is 1. The summed E-state index contributed by atoms with van der Waals surface area (Å²) in [5.74, 6) is -1.64. The molecule has 0 saturated carbocycles. The van der Waals surface area contributed by atoms with Crippen LogP contribution in [-0.4, -0.2) is 6.03 Å². The summed E-state index contributed by atoms with van der Waals surface area (Å²) in [7, 11) is 0. The van der Waals surface area contributed by atoms with Gasteiger partial charge in [0.15, 0.2) is 0 Å². The van der Waals surface area contributed by atoms with Crippen LogP contribution in [0.5, 0.6) is 0 Å². The number of benzene rings is 2. The third kappa shape index (κ3) is 3.12. The van der Waals surface area contributed by atoms with Crippen LogP contribution in [0.3, 0.4) is 0 Å². The van der Waals surface area contributed by atoms with Gasteiger partial charge in [-0.1, -0.05) is 18.2 Å². The van der Waals surface area contributed by atoms with Crippen molar-refractivity contribution in [1.82, 2.24) is 0 Å². The molecule has 0 radical (unpaired) electrons. The van der Waals surface area contributed by atoms with E-state index >= 15 is 0 Å². The second-order valence-corrected chi connectivity index (χ2v) is 4.49. The van der Waals surface area contributed by atoms with Gasteiger partial charge in [0.2, 0.25) is 0 Å². The van der Waals surface area contributed by atoms with Crippen LogP contribution in [-0.2, 0) is 0 Å². The van der Waals surface area contributed by atoms with Crippen LogP contribution in [0.4, 0.5) is 25.0 Å². The fourth-order valence-corrected chi connectivity index (χ4v) is 1.75. The lowest BCUT2D eigenvalue weighted by molar-refractivity contribution is 0.262. The monoisotopic (exact) mass is 276 g/mol. The highest BCUT2D eigenvalue weighted by atomic mass is 19.1. The van der Waals surface area contributed by atoms with E-state index in [-0.39, 0.29) is 0 Å². The molecule has 0 bridgehead atoms. The maximum Gasteiger partial charge on any atom is 0.323 e. The number of urea groups is 1. The third-order valence-corrected chi connectivity index (χ3v) is 2.84. The van der Waals surface area contributed by atoms with E-state index in [1.807, 2.05) is 26.0 Å². The van der Waals surface area contributed by atoms with E-state index in [0.29, 0.717) is 5.69 Å². The van der Waals surface area contributed by atoms with Crippen LogP contribution in [0.15, 0.2) is 36.4 Å². The van der Waals surface area contributed by atoms with E-state index in [0.717, 1.165) is 23.3 Å². The molecule has 20 heavy (non-hydrogen) atoms. The summed E-state index contributed by atoms with van der Waals surface area (Å²) in [4.78, 5) is 11.8. The highest BCUT2D eigenvalue weighted by molar-refractivity contribution is 6.00. The number of amides is 2. The van der Waals surface area contributed by atoms with Gasteiger partial charge in [0.05, 0.1) is 0 Å². The fraction of sp³-hybridized carbons (Fsp3) is 0.133. The lowest BCUT2D eigenvalue weighted by Crippen LogP contribution is -2.21. The number of carbonyl (C=O) groups is 1. The van der Waals surface area contributed by atoms with E-state index in [1.165, 1.54) is 6.07 Å². The Morgan fingerprint density at radius 2 is 1.65 bits per heavy atom. The van der Waals surface area contributed by atoms with E-state index in [4.69, 9.17) is 0 Å². The van der Waals surface area contributed by atoms with Crippen LogP contribution in [0, 0.1) is 25.5 Å². The second-order valence-electron chi connectivity index (χ2n) is 4.49. The fourth-order valence-electron chi connectivity index (χ4n) is 1.75. The number of hydrogen-bond donors (Lipinski definition) is 2. The minimum atomic E-state index is -0.818. The first kappa shape index (κ1) is 14.0. The Labute approximate surface area is 115 Å². The first-order valence-corrected chi connectivity index (χ1v) is 6.06. The molecule has 104 valence electrons. The zero-order chi connectivity index (χ0) is 14.7. The van der Waals surface area contributed by atoms with Crippen molar-refractivity contribution in [3.8, 4) is 0 Å². The summed E-state index contributed by atoms with van der Waals surface area (Å²) in [6, 6.07) is 8.25. The molecule has 2 rings (SSSR count). The van der Waals surface area contributed by atoms with Crippen molar-refractivity contribution in [2.24, 2.45) is 0 Å². The predicted molar refractivity (Wildman–Crippen MR) is 74.9 cm³/mol. The summed E-state index contributed by atoms with van der Waals surface area (Å²) < 4.78 is 26.8. The Morgan fingerprint density at radius 3 is 2.30 bits per heavy atom. The molecule has 0 aliphatic carbocycles. The van der Waals surface area contributed by atoms with Crippen LogP contribution in [0.25, 0.3) is 0 Å². The Kier molecular flexibility index (Phi) is 3.98. The van der Waals surface area contributed by atoms with Crippen molar-refractivity contribution in [2.75, 3.05) is 10.6 Å². The largest absolute Gasteiger partial charge is 0.323 e. The molecule has 3 nitrogen and oxygen atoms in total. The summed E-state index contributed by atoms with van der Waals surface area (Å²) in [6.45, 7) is 3.72. The van der Waals surface area contributed by atoms with Crippen molar-refractivity contribution in [3.63, 3.8) is 0 Å². The number of anilines is 2. The number of nitrogens with one attached hydrogen (secondary N) is 2. The quantitative estimate of drug-likeness (QED) is 0.847. The maximum atomic E-state index is 13.4. The van der Waals surface area contributed by atoms with Crippen molar-refractivity contribution in [2.45, 2.75) is 13.8 Å². The maximum absolute atomic E-state index is 13.4. The number of halogens is 2. The molecule has 0 fully saturated rings. The molecule has 0 heterocycles. The van der Waals surface area contributed by atoms with E-state index in [2.05, 4.69) is 10.6 Å². The normalized spacial score (nSPS) is 10.2. The molecule has 0 saturated heterocycles. The van der Waals surface area contributed by atoms with Crippen molar-refractivity contribution in [1.29, 1.82) is 0 Å². The van der Waals surface area contributed by atoms with Gasteiger partial charge in [-0.2, -0.15) is 0 Å². The summed E-state index contributed by atoms with van der Waals surface area (Å²) in [5, 5.41) is 4.74. The zero-order valence-electron chi connectivity index (χ0n) is 11.1. The smallest absolute Gasteiger partial charge is 0.307 e. The first-order valence-electron chi connectivity index (χ1n) is 6.06. The SMILES string of the molecule is Cc1ccc(C)c(NC(=O)Nc2c(F)cccc2F)c1. The zero-order valence-corrected chi connectivity index (χ0v) is 11.1. The van der Waals surface area contributed by atoms with Gasteiger partial charge in [-0.25, -0.2) is 13.6 Å². The predicted octanol–water partition coefficient (Wildman–Crippen LogP) is 4.23. The van der Waals surface area contributed by atoms with Crippen molar-refractivity contribution in [3.05, 3.63) is 59.2 Å². The van der Waals surface area contributed by atoms with Crippen molar-refractivity contribution >= 4 is 17.4 Å². The van der Waals surface area contributed by atoms with Gasteiger partial charge in [0.25, 0.3) is 0 Å². The van der Waals surface area contributed by atoms with Gasteiger partial charge >= 0.3 is 6.03 Å². The molecule has 2 aromatic rings. The van der Waals surface area contributed by atoms with Gasteiger partial charge in [-0.05, 0) is 43.2 Å². The minimum Gasteiger partial charge on any atom is -0.307 e. The first-order chi connectivity index (χ1) is 9.47. The Bertz CT molecular complexity index is 636. The van der Waals surface area contributed by atoms with Crippen LogP contribution in [0.1, 0.15) is 11.1 Å². The molecule has 2 aromatic carbocycles. The van der Waals surface area contributed by atoms with E-state index in [9.17, 15) is 13.6 Å². The molecular weight excluding hydrogens is 262 g/mol. The van der Waals surface area contributed by atoms with Crippen LogP contribution >= 0.6 is 0 Å². The van der Waals surface area contributed by atoms with Gasteiger partial charge < -0.3 is 10.6 Å². The molecule has 2 amide bonds. The Hall–Kier alpha value is -2.43. The number of carbonyl (C=O) groups excluding carboxylic acids is 1. The number of rotatable bonds is 2. The molecule has 0 atom stereocenters. The molecule has 5 heteroatoms. The molecule has 0 spiro atoms. The highest BCUT2D eigenvalue weighted by Gasteiger charge is 2.12. The van der Waals surface area contributed by atoms with E-state index in [1.54, 1.807) is 6.07 Å². The molecule has 2 N–H and O–H groups in total. The minimum absolute atomic E-state index is 0.463. The summed E-state index contributed by atoms with van der Waals surface area (Å²) >= 11 is 0. The topological polar surface area (TPSA) is 41.1 Å². The number of aryl methyl sites for hydroxylation is 2. The van der Waals surface area contributed by atoms with Crippen molar-refractivity contribution < 1.29 is 13.6 Å². The second kappa shape index (κ2) is 5.69. The van der Waals surface area contributed by atoms with Gasteiger partial charge in [0, 0.05) is 5.69 Å². The highest BCUT2D eigenvalue weighted by Crippen LogP contribution is 2.20. The van der Waals surface area contributed by atoms with Crippen LogP contribution < -0.4 is 10.6 Å². The Balaban J connectivity index is 2.15. The molecule has 0 aromatic heterocycles. The third-order valence-electron chi connectivity index (χ3n) is 2.84. The van der Waals surface area contributed by atoms with Gasteiger partial charge in [-0.15, -0.1) is 0 Å². The Morgan fingerprint density at radius 1 is 1.00 bits per heavy atom. The summed E-state index contributed by atoms with van der Waals surface area (Å²) in [6.07, 6.45) is 0. The lowest BCUT2D eigenvalue weighted by atomic mass is 10.1. The van der Waals surface area contributed by atoms with Gasteiger partial charge in [-0.3, -0.25) is 0 Å². The average Bonchev–Trinajstić information content (AvgIpc) is 2.38.